The predicted molar refractivity (Wildman–Crippen MR) is 40.2 cm³/mol. The zero-order valence-corrected chi connectivity index (χ0v) is 5.97. The lowest BCUT2D eigenvalue weighted by Gasteiger charge is -1.95. The van der Waals surface area contributed by atoms with Gasteiger partial charge in [0, 0.05) is 0 Å². The molecule has 0 aromatic carbocycles. The molecule has 0 fully saturated rings. The van der Waals surface area contributed by atoms with E-state index < -0.39 is 0 Å². The highest BCUT2D eigenvalue weighted by atomic mass is 16.5. The van der Waals surface area contributed by atoms with Crippen LogP contribution >= 0.6 is 0 Å². The van der Waals surface area contributed by atoms with Crippen molar-refractivity contribution in [1.29, 1.82) is 0 Å². The Morgan fingerprint density at radius 1 is 1.56 bits per heavy atom. The van der Waals surface area contributed by atoms with Crippen LogP contribution in [-0.4, -0.2) is 6.61 Å². The molecule has 0 rings (SSSR count). The highest BCUT2D eigenvalue weighted by Gasteiger charge is 1.77. The first-order valence-corrected chi connectivity index (χ1v) is 3.31. The summed E-state index contributed by atoms with van der Waals surface area (Å²) >= 11 is 0. The Morgan fingerprint density at radius 2 is 2.33 bits per heavy atom. The molecule has 0 aromatic rings. The van der Waals surface area contributed by atoms with E-state index in [2.05, 4.69) is 13.5 Å². The molecule has 0 heterocycles. The largest absolute Gasteiger partial charge is 0.501 e. The zero-order valence-electron chi connectivity index (χ0n) is 5.97. The van der Waals surface area contributed by atoms with Gasteiger partial charge in [0.15, 0.2) is 0 Å². The Balaban J connectivity index is 2.90. The van der Waals surface area contributed by atoms with Crippen LogP contribution in [0.4, 0.5) is 0 Å². The van der Waals surface area contributed by atoms with E-state index in [1.54, 1.807) is 18.4 Å². The van der Waals surface area contributed by atoms with E-state index in [0.717, 1.165) is 13.0 Å². The van der Waals surface area contributed by atoms with E-state index in [9.17, 15) is 0 Å². The van der Waals surface area contributed by atoms with Gasteiger partial charge in [-0.15, -0.1) is 0 Å². The predicted octanol–water partition coefficient (Wildman–Crippen LogP) is 2.50. The van der Waals surface area contributed by atoms with Crippen LogP contribution in [0.15, 0.2) is 25.0 Å². The number of hydrogen-bond donors (Lipinski definition) is 0. The van der Waals surface area contributed by atoms with Gasteiger partial charge >= 0.3 is 0 Å². The Bertz CT molecular complexity index is 84.6. The van der Waals surface area contributed by atoms with Gasteiger partial charge in [-0.25, -0.2) is 0 Å². The summed E-state index contributed by atoms with van der Waals surface area (Å²) < 4.78 is 5.06. The molecule has 0 radical (unpaired) electrons. The van der Waals surface area contributed by atoms with Crippen molar-refractivity contribution in [2.75, 3.05) is 6.61 Å². The Hall–Kier alpha value is -0.720. The zero-order chi connectivity index (χ0) is 6.95. The van der Waals surface area contributed by atoms with Crippen molar-refractivity contribution >= 4 is 0 Å². The van der Waals surface area contributed by atoms with Crippen LogP contribution in [0, 0.1) is 0 Å². The molecule has 0 aliphatic rings. The van der Waals surface area contributed by atoms with Crippen molar-refractivity contribution in [3.05, 3.63) is 25.0 Å². The first kappa shape index (κ1) is 8.28. The minimum atomic E-state index is 0.820. The number of unbranched alkanes of at least 4 members (excludes halogenated alkanes) is 1. The quantitative estimate of drug-likeness (QED) is 0.312. The van der Waals surface area contributed by atoms with E-state index in [1.807, 2.05) is 0 Å². The van der Waals surface area contributed by atoms with E-state index in [-0.39, 0.29) is 0 Å². The van der Waals surface area contributed by atoms with Crippen LogP contribution in [0.3, 0.4) is 0 Å². The van der Waals surface area contributed by atoms with Gasteiger partial charge in [-0.05, 0) is 12.5 Å². The van der Waals surface area contributed by atoms with Gasteiger partial charge in [-0.3, -0.25) is 0 Å². The average molecular weight is 126 g/mol. The van der Waals surface area contributed by atoms with E-state index >= 15 is 0 Å². The average Bonchev–Trinajstić information content (AvgIpc) is 1.89. The van der Waals surface area contributed by atoms with Crippen LogP contribution in [0.5, 0.6) is 0 Å². The lowest BCUT2D eigenvalue weighted by Crippen LogP contribution is -1.84. The summed E-state index contributed by atoms with van der Waals surface area (Å²) in [4.78, 5) is 0. The monoisotopic (exact) mass is 126 g/mol. The smallest absolute Gasteiger partial charge is 0.0873 e. The Morgan fingerprint density at radius 3 is 2.89 bits per heavy atom. The van der Waals surface area contributed by atoms with Gasteiger partial charge in [0.05, 0.1) is 12.9 Å². The minimum absolute atomic E-state index is 0.820. The van der Waals surface area contributed by atoms with Crippen molar-refractivity contribution in [2.24, 2.45) is 0 Å². The first-order valence-electron chi connectivity index (χ1n) is 3.31. The molecule has 1 heteroatoms. The van der Waals surface area contributed by atoms with Crippen molar-refractivity contribution in [3.63, 3.8) is 0 Å². The fourth-order valence-corrected chi connectivity index (χ4v) is 0.407. The molecule has 0 aliphatic heterocycles. The van der Waals surface area contributed by atoms with E-state index in [0.29, 0.717) is 0 Å². The first-order chi connectivity index (χ1) is 4.41. The van der Waals surface area contributed by atoms with Gasteiger partial charge in [0.25, 0.3) is 0 Å². The van der Waals surface area contributed by atoms with Gasteiger partial charge in [0.2, 0.25) is 0 Å². The molecule has 0 amide bonds. The summed E-state index contributed by atoms with van der Waals surface area (Å²) in [5.41, 5.74) is 0. The fraction of sp³-hybridized carbons (Fsp3) is 0.500. The summed E-state index contributed by atoms with van der Waals surface area (Å²) in [6, 6.07) is 0. The number of ether oxygens (including phenoxy) is 1. The number of allylic oxidation sites excluding steroid dienone is 2. The highest BCUT2D eigenvalue weighted by Crippen LogP contribution is 1.87. The summed E-state index contributed by atoms with van der Waals surface area (Å²) in [6.07, 6.45) is 7.47. The molecule has 0 N–H and O–H groups in total. The van der Waals surface area contributed by atoms with E-state index in [4.69, 9.17) is 4.74 Å². The molecule has 1 nitrogen and oxygen atoms in total. The standard InChI is InChI=1S/C8H14O/c1-3-5-7-9-8-6-4-2/h3,5,7H,1,4,6,8H2,2H3/b7-5+. The van der Waals surface area contributed by atoms with Gasteiger partial charge in [-0.2, -0.15) is 0 Å². The molecule has 0 unspecified atom stereocenters. The molecule has 0 aliphatic carbocycles. The molecule has 0 bridgehead atoms. The topological polar surface area (TPSA) is 9.23 Å². The van der Waals surface area contributed by atoms with Crippen LogP contribution in [0.1, 0.15) is 19.8 Å². The lowest BCUT2D eigenvalue weighted by molar-refractivity contribution is 0.244. The molecule has 52 valence electrons. The molecule has 0 saturated heterocycles. The normalized spacial score (nSPS) is 9.89. The van der Waals surface area contributed by atoms with E-state index in [1.165, 1.54) is 6.42 Å². The third-order valence-electron chi connectivity index (χ3n) is 0.927. The fourth-order valence-electron chi connectivity index (χ4n) is 0.407. The molecule has 0 spiro atoms. The summed E-state index contributed by atoms with van der Waals surface area (Å²) in [6.45, 7) is 6.47. The maximum atomic E-state index is 5.06. The van der Waals surface area contributed by atoms with Crippen LogP contribution in [0.25, 0.3) is 0 Å². The Labute approximate surface area is 57.0 Å². The third kappa shape index (κ3) is 7.28. The second-order valence-corrected chi connectivity index (χ2v) is 1.79. The van der Waals surface area contributed by atoms with Crippen LogP contribution in [-0.2, 0) is 4.74 Å². The summed E-state index contributed by atoms with van der Waals surface area (Å²) in [7, 11) is 0. The van der Waals surface area contributed by atoms with Gasteiger partial charge in [-0.1, -0.05) is 26.0 Å². The maximum absolute atomic E-state index is 5.06. The van der Waals surface area contributed by atoms with Gasteiger partial charge in [0.1, 0.15) is 0 Å². The van der Waals surface area contributed by atoms with Crippen LogP contribution in [0.2, 0.25) is 0 Å². The molecule has 0 saturated carbocycles. The van der Waals surface area contributed by atoms with Crippen molar-refractivity contribution in [3.8, 4) is 0 Å². The van der Waals surface area contributed by atoms with Crippen LogP contribution < -0.4 is 0 Å². The van der Waals surface area contributed by atoms with Crippen molar-refractivity contribution < 1.29 is 4.74 Å². The van der Waals surface area contributed by atoms with Crippen molar-refractivity contribution in [1.82, 2.24) is 0 Å². The highest BCUT2D eigenvalue weighted by molar-refractivity contribution is 4.92. The lowest BCUT2D eigenvalue weighted by atomic mass is 10.4. The second-order valence-electron chi connectivity index (χ2n) is 1.79. The molecule has 0 atom stereocenters. The number of hydrogen-bond acceptors (Lipinski definition) is 1. The van der Waals surface area contributed by atoms with Gasteiger partial charge < -0.3 is 4.74 Å². The molecule has 9 heavy (non-hydrogen) atoms. The summed E-state index contributed by atoms with van der Waals surface area (Å²) in [5.74, 6) is 0. The molecular weight excluding hydrogens is 112 g/mol. The second kappa shape index (κ2) is 7.28. The SMILES string of the molecule is C=C/C=C/OCCCC. The van der Waals surface area contributed by atoms with Crippen molar-refractivity contribution in [2.45, 2.75) is 19.8 Å². The maximum Gasteiger partial charge on any atom is 0.0873 e. The summed E-state index contributed by atoms with van der Waals surface area (Å²) in [5, 5.41) is 0. The third-order valence-corrected chi connectivity index (χ3v) is 0.927. The molecule has 0 aromatic heterocycles. The number of rotatable bonds is 5. The molecular formula is C8H14O. The Kier molecular flexibility index (Phi) is 6.70. The minimum Gasteiger partial charge on any atom is -0.501 e.